The number of aliphatic imine (C=N–C) groups is 1. The molecule has 152 valence electrons. The van der Waals surface area contributed by atoms with Crippen LogP contribution in [0.4, 0.5) is 0 Å². The lowest BCUT2D eigenvalue weighted by molar-refractivity contribution is 0.429. The number of nitrogens with zero attached hydrogens (tertiary/aromatic N) is 2. The van der Waals surface area contributed by atoms with Crippen LogP contribution in [0.5, 0.6) is 0 Å². The van der Waals surface area contributed by atoms with Gasteiger partial charge in [0, 0.05) is 36.5 Å². The van der Waals surface area contributed by atoms with Gasteiger partial charge in [-0.1, -0.05) is 67.8 Å². The first-order valence-electron chi connectivity index (χ1n) is 11.0. The summed E-state index contributed by atoms with van der Waals surface area (Å²) in [7, 11) is 0. The van der Waals surface area contributed by atoms with Gasteiger partial charge in [0.1, 0.15) is 5.69 Å². The van der Waals surface area contributed by atoms with Gasteiger partial charge in [0.25, 0.3) is 0 Å². The summed E-state index contributed by atoms with van der Waals surface area (Å²) in [6.07, 6.45) is 16.2. The van der Waals surface area contributed by atoms with Crippen molar-refractivity contribution in [3.63, 3.8) is 0 Å². The van der Waals surface area contributed by atoms with Gasteiger partial charge >= 0.3 is 0 Å². The minimum Gasteiger partial charge on any atom is -0.384 e. The third-order valence-corrected chi connectivity index (χ3v) is 6.09. The molecule has 0 radical (unpaired) electrons. The average Bonchev–Trinajstić information content (AvgIpc) is 3.47. The van der Waals surface area contributed by atoms with Crippen molar-refractivity contribution in [1.29, 1.82) is 0 Å². The molecule has 1 saturated carbocycles. The standard InChI is InChI=1S/C25H31N3O/c1-19(27-15-6-5-7-20-14-16-26-18-20)24-17-25(29-28-24)23-12-10-22(11-13-23)21-8-3-2-4-9-21/h10-14,16-18,20-21,27H,1-9,15H2. The highest BCUT2D eigenvalue weighted by atomic mass is 16.5. The quantitative estimate of drug-likeness (QED) is 0.510. The number of allylic oxidation sites excluding steroid dienone is 1. The first-order chi connectivity index (χ1) is 14.3. The molecule has 2 heterocycles. The van der Waals surface area contributed by atoms with Crippen LogP contribution < -0.4 is 5.32 Å². The third kappa shape index (κ3) is 5.26. The fourth-order valence-corrected chi connectivity index (χ4v) is 4.28. The molecule has 1 atom stereocenters. The van der Waals surface area contributed by atoms with Gasteiger partial charge in [-0.25, -0.2) is 0 Å². The van der Waals surface area contributed by atoms with Crippen LogP contribution >= 0.6 is 0 Å². The van der Waals surface area contributed by atoms with Gasteiger partial charge in [-0.15, -0.1) is 0 Å². The summed E-state index contributed by atoms with van der Waals surface area (Å²) in [5, 5.41) is 7.58. The summed E-state index contributed by atoms with van der Waals surface area (Å²) in [5.41, 5.74) is 4.13. The van der Waals surface area contributed by atoms with Crippen LogP contribution in [0.1, 0.15) is 68.5 Å². The van der Waals surface area contributed by atoms with Gasteiger partial charge in [0.05, 0.1) is 5.70 Å². The van der Waals surface area contributed by atoms with Gasteiger partial charge in [-0.2, -0.15) is 0 Å². The Balaban J connectivity index is 1.25. The second-order valence-electron chi connectivity index (χ2n) is 8.24. The van der Waals surface area contributed by atoms with Gasteiger partial charge in [-0.05, 0) is 37.2 Å². The molecule has 1 N–H and O–H groups in total. The van der Waals surface area contributed by atoms with Crippen LogP contribution in [0, 0.1) is 5.92 Å². The number of hydrogen-bond acceptors (Lipinski definition) is 4. The van der Waals surface area contributed by atoms with E-state index in [0.717, 1.165) is 48.0 Å². The van der Waals surface area contributed by atoms with Crippen LogP contribution in [0.15, 0.2) is 58.7 Å². The van der Waals surface area contributed by atoms with Crippen LogP contribution in [0.25, 0.3) is 17.0 Å². The van der Waals surface area contributed by atoms with E-state index in [1.165, 1.54) is 44.1 Å². The second-order valence-corrected chi connectivity index (χ2v) is 8.24. The molecule has 1 aromatic heterocycles. The van der Waals surface area contributed by atoms with Crippen molar-refractivity contribution in [2.45, 2.75) is 57.3 Å². The predicted molar refractivity (Wildman–Crippen MR) is 120 cm³/mol. The molecule has 4 heteroatoms. The zero-order valence-corrected chi connectivity index (χ0v) is 17.1. The molecule has 1 unspecified atom stereocenters. The molecule has 1 aliphatic carbocycles. The Labute approximate surface area is 173 Å². The Bertz CT molecular complexity index is 844. The van der Waals surface area contributed by atoms with E-state index in [2.05, 4.69) is 52.4 Å². The molecule has 4 rings (SSSR count). The average molecular weight is 390 g/mol. The highest BCUT2D eigenvalue weighted by Crippen LogP contribution is 2.33. The van der Waals surface area contributed by atoms with Crippen molar-refractivity contribution >= 4 is 11.9 Å². The number of aromatic nitrogens is 1. The van der Waals surface area contributed by atoms with E-state index >= 15 is 0 Å². The van der Waals surface area contributed by atoms with Gasteiger partial charge in [0.2, 0.25) is 0 Å². The number of unbranched alkanes of at least 4 members (excludes halogenated alkanes) is 1. The van der Waals surface area contributed by atoms with Crippen molar-refractivity contribution in [3.8, 4) is 11.3 Å². The Hall–Kier alpha value is -2.62. The SMILES string of the molecule is C=C(NCCCCC1C=CN=C1)c1cc(-c2ccc(C3CCCCC3)cc2)on1. The van der Waals surface area contributed by atoms with E-state index in [0.29, 0.717) is 5.92 Å². The number of hydrogen-bond donors (Lipinski definition) is 1. The first-order valence-corrected chi connectivity index (χ1v) is 11.0. The molecule has 2 aliphatic rings. The van der Waals surface area contributed by atoms with Crippen LogP contribution in [0.3, 0.4) is 0 Å². The van der Waals surface area contributed by atoms with Crippen molar-refractivity contribution in [2.75, 3.05) is 6.54 Å². The second kappa shape index (κ2) is 9.73. The zero-order chi connectivity index (χ0) is 19.9. The first kappa shape index (κ1) is 19.7. The molecule has 1 aromatic carbocycles. The van der Waals surface area contributed by atoms with Gasteiger partial charge in [0.15, 0.2) is 5.76 Å². The van der Waals surface area contributed by atoms with Crippen LogP contribution in [-0.4, -0.2) is 17.9 Å². The summed E-state index contributed by atoms with van der Waals surface area (Å²) < 4.78 is 5.58. The Kier molecular flexibility index (Phi) is 6.60. The van der Waals surface area contributed by atoms with Crippen molar-refractivity contribution in [1.82, 2.24) is 10.5 Å². The van der Waals surface area contributed by atoms with Gasteiger partial charge in [-0.3, -0.25) is 4.99 Å². The molecule has 1 fully saturated rings. The summed E-state index contributed by atoms with van der Waals surface area (Å²) in [4.78, 5) is 4.13. The van der Waals surface area contributed by atoms with E-state index in [-0.39, 0.29) is 0 Å². The summed E-state index contributed by atoms with van der Waals surface area (Å²) in [5.74, 6) is 2.04. The monoisotopic (exact) mass is 389 g/mol. The highest BCUT2D eigenvalue weighted by Gasteiger charge is 2.16. The Morgan fingerprint density at radius 3 is 2.69 bits per heavy atom. The maximum atomic E-state index is 5.58. The van der Waals surface area contributed by atoms with E-state index < -0.39 is 0 Å². The predicted octanol–water partition coefficient (Wildman–Crippen LogP) is 6.33. The van der Waals surface area contributed by atoms with Crippen molar-refractivity contribution < 1.29 is 4.52 Å². The molecule has 4 nitrogen and oxygen atoms in total. The molecule has 0 amide bonds. The molecule has 29 heavy (non-hydrogen) atoms. The fraction of sp³-hybridized carbons (Fsp3) is 0.440. The van der Waals surface area contributed by atoms with Crippen molar-refractivity contribution in [2.24, 2.45) is 10.9 Å². The summed E-state index contributed by atoms with van der Waals surface area (Å²) >= 11 is 0. The Morgan fingerprint density at radius 2 is 1.93 bits per heavy atom. The molecule has 2 aromatic rings. The maximum Gasteiger partial charge on any atom is 0.167 e. The molecule has 0 spiro atoms. The van der Waals surface area contributed by atoms with E-state index in [4.69, 9.17) is 4.52 Å². The van der Waals surface area contributed by atoms with E-state index in [9.17, 15) is 0 Å². The molecule has 1 aliphatic heterocycles. The highest BCUT2D eigenvalue weighted by molar-refractivity contribution is 5.67. The van der Waals surface area contributed by atoms with Crippen LogP contribution in [0.2, 0.25) is 0 Å². The smallest absolute Gasteiger partial charge is 0.167 e. The lowest BCUT2D eigenvalue weighted by atomic mass is 9.84. The van der Waals surface area contributed by atoms with E-state index in [1.54, 1.807) is 0 Å². The Morgan fingerprint density at radius 1 is 1.10 bits per heavy atom. The summed E-state index contributed by atoms with van der Waals surface area (Å²) in [6, 6.07) is 10.8. The number of rotatable bonds is 9. The van der Waals surface area contributed by atoms with E-state index in [1.807, 2.05) is 18.5 Å². The maximum absolute atomic E-state index is 5.58. The van der Waals surface area contributed by atoms with Crippen molar-refractivity contribution in [3.05, 3.63) is 60.4 Å². The zero-order valence-electron chi connectivity index (χ0n) is 17.1. The third-order valence-electron chi connectivity index (χ3n) is 6.09. The molecule has 0 bridgehead atoms. The minimum atomic E-state index is 0.515. The molecule has 0 saturated heterocycles. The number of nitrogens with one attached hydrogen (secondary N) is 1. The topological polar surface area (TPSA) is 50.4 Å². The summed E-state index contributed by atoms with van der Waals surface area (Å²) in [6.45, 7) is 5.01. The van der Waals surface area contributed by atoms with Crippen LogP contribution in [-0.2, 0) is 0 Å². The normalized spacial score (nSPS) is 19.0. The molecular weight excluding hydrogens is 358 g/mol. The fourth-order valence-electron chi connectivity index (χ4n) is 4.28. The van der Waals surface area contributed by atoms with Gasteiger partial charge < -0.3 is 9.84 Å². The lowest BCUT2D eigenvalue weighted by Crippen LogP contribution is -2.13. The number of benzene rings is 1. The minimum absolute atomic E-state index is 0.515. The molecular formula is C25H31N3O. The largest absolute Gasteiger partial charge is 0.384 e. The lowest BCUT2D eigenvalue weighted by Gasteiger charge is -2.21.